The van der Waals surface area contributed by atoms with Crippen molar-refractivity contribution in [2.24, 2.45) is 7.05 Å². The van der Waals surface area contributed by atoms with Gasteiger partial charge < -0.3 is 15.0 Å². The van der Waals surface area contributed by atoms with Crippen LogP contribution in [0.3, 0.4) is 0 Å². The number of nitrogens with zero attached hydrogens (tertiary/aromatic N) is 3. The standard InChI is InChI=1S/C26H28BrFN4O3/c1-31-23(16-25(30-31)35-2)26(34)32-13-11-18(12-14-32)17-3-7-21(8-4-17)29-24(33)10-5-19-15-20(28)6-9-22(19)27/h3-4,6-9,15-16,18H,5,10-14H2,1-2H3,(H,29,33). The Bertz CT molecular complexity index is 1200. The van der Waals surface area contributed by atoms with Crippen molar-refractivity contribution in [1.29, 1.82) is 0 Å². The number of ether oxygens (including phenoxy) is 1. The van der Waals surface area contributed by atoms with Crippen LogP contribution in [0, 0.1) is 5.82 Å². The molecular weight excluding hydrogens is 515 g/mol. The number of aryl methyl sites for hydroxylation is 2. The summed E-state index contributed by atoms with van der Waals surface area (Å²) in [5.74, 6) is 0.319. The van der Waals surface area contributed by atoms with E-state index in [1.165, 1.54) is 24.8 Å². The summed E-state index contributed by atoms with van der Waals surface area (Å²) in [6.45, 7) is 1.34. The predicted octanol–water partition coefficient (Wildman–Crippen LogP) is 4.92. The van der Waals surface area contributed by atoms with E-state index >= 15 is 0 Å². The van der Waals surface area contributed by atoms with E-state index in [4.69, 9.17) is 4.74 Å². The maximum atomic E-state index is 13.4. The van der Waals surface area contributed by atoms with Gasteiger partial charge in [0.2, 0.25) is 11.8 Å². The second-order valence-electron chi connectivity index (χ2n) is 8.67. The van der Waals surface area contributed by atoms with Gasteiger partial charge in [-0.1, -0.05) is 28.1 Å². The molecule has 0 radical (unpaired) electrons. The van der Waals surface area contributed by atoms with Crippen LogP contribution in [0.1, 0.15) is 46.8 Å². The maximum Gasteiger partial charge on any atom is 0.272 e. The quantitative estimate of drug-likeness (QED) is 0.459. The summed E-state index contributed by atoms with van der Waals surface area (Å²) in [6, 6.07) is 14.0. The Morgan fingerprint density at radius 1 is 1.14 bits per heavy atom. The Balaban J connectivity index is 1.27. The Labute approximate surface area is 212 Å². The molecule has 2 aromatic carbocycles. The number of hydrogen-bond donors (Lipinski definition) is 1. The third-order valence-electron chi connectivity index (χ3n) is 6.36. The molecule has 4 rings (SSSR count). The lowest BCUT2D eigenvalue weighted by atomic mass is 9.89. The maximum absolute atomic E-state index is 13.4. The average molecular weight is 543 g/mol. The van der Waals surface area contributed by atoms with Crippen molar-refractivity contribution < 1.29 is 18.7 Å². The third-order valence-corrected chi connectivity index (χ3v) is 7.14. The molecule has 184 valence electrons. The molecule has 9 heteroatoms. The summed E-state index contributed by atoms with van der Waals surface area (Å²) >= 11 is 3.39. The van der Waals surface area contributed by atoms with E-state index in [1.54, 1.807) is 23.9 Å². The van der Waals surface area contributed by atoms with Crippen LogP contribution in [-0.4, -0.2) is 46.7 Å². The zero-order valence-electron chi connectivity index (χ0n) is 19.8. The molecule has 2 amide bonds. The van der Waals surface area contributed by atoms with Gasteiger partial charge in [0, 0.05) is 42.8 Å². The van der Waals surface area contributed by atoms with E-state index < -0.39 is 0 Å². The number of anilines is 1. The fraction of sp³-hybridized carbons (Fsp3) is 0.346. The molecule has 1 aliphatic rings. The molecule has 1 aliphatic heterocycles. The van der Waals surface area contributed by atoms with Gasteiger partial charge in [0.05, 0.1) is 7.11 Å². The van der Waals surface area contributed by atoms with E-state index in [-0.39, 0.29) is 24.1 Å². The van der Waals surface area contributed by atoms with E-state index in [2.05, 4.69) is 26.3 Å². The van der Waals surface area contributed by atoms with E-state index in [0.717, 1.165) is 28.6 Å². The first-order chi connectivity index (χ1) is 16.8. The number of likely N-dealkylation sites (tertiary alicyclic amines) is 1. The summed E-state index contributed by atoms with van der Waals surface area (Å²) in [6.07, 6.45) is 2.45. The van der Waals surface area contributed by atoms with Crippen molar-refractivity contribution in [2.45, 2.75) is 31.6 Å². The monoisotopic (exact) mass is 542 g/mol. The lowest BCUT2D eigenvalue weighted by Crippen LogP contribution is -2.38. The summed E-state index contributed by atoms with van der Waals surface area (Å²) in [5.41, 5.74) is 3.21. The van der Waals surface area contributed by atoms with Gasteiger partial charge in [0.25, 0.3) is 5.91 Å². The largest absolute Gasteiger partial charge is 0.480 e. The van der Waals surface area contributed by atoms with E-state index in [9.17, 15) is 14.0 Å². The summed E-state index contributed by atoms with van der Waals surface area (Å²) in [4.78, 5) is 27.1. The first-order valence-electron chi connectivity index (χ1n) is 11.5. The second kappa shape index (κ2) is 11.0. The van der Waals surface area contributed by atoms with Crippen LogP contribution in [0.4, 0.5) is 10.1 Å². The molecule has 1 saturated heterocycles. The predicted molar refractivity (Wildman–Crippen MR) is 135 cm³/mol. The third kappa shape index (κ3) is 6.08. The van der Waals surface area contributed by atoms with Crippen molar-refractivity contribution in [3.63, 3.8) is 0 Å². The fourth-order valence-electron chi connectivity index (χ4n) is 4.36. The molecule has 35 heavy (non-hydrogen) atoms. The number of rotatable bonds is 7. The summed E-state index contributed by atoms with van der Waals surface area (Å²) in [7, 11) is 3.27. The minimum atomic E-state index is -0.313. The zero-order valence-corrected chi connectivity index (χ0v) is 21.3. The first kappa shape index (κ1) is 24.9. The lowest BCUT2D eigenvalue weighted by Gasteiger charge is -2.32. The smallest absolute Gasteiger partial charge is 0.272 e. The van der Waals surface area contributed by atoms with Crippen molar-refractivity contribution >= 4 is 33.4 Å². The van der Waals surface area contributed by atoms with Gasteiger partial charge in [0.15, 0.2) is 0 Å². The molecular formula is C26H28BrFN4O3. The molecule has 0 atom stereocenters. The van der Waals surface area contributed by atoms with Crippen LogP contribution in [0.5, 0.6) is 5.88 Å². The van der Waals surface area contributed by atoms with Crippen molar-refractivity contribution in [1.82, 2.24) is 14.7 Å². The Morgan fingerprint density at radius 2 is 1.86 bits per heavy atom. The highest BCUT2D eigenvalue weighted by molar-refractivity contribution is 9.10. The highest BCUT2D eigenvalue weighted by Gasteiger charge is 2.26. The number of halogens is 2. The van der Waals surface area contributed by atoms with Gasteiger partial charge in [-0.3, -0.25) is 14.3 Å². The van der Waals surface area contributed by atoms with Gasteiger partial charge in [-0.25, -0.2) is 4.39 Å². The Morgan fingerprint density at radius 3 is 2.51 bits per heavy atom. The normalized spacial score (nSPS) is 14.1. The Kier molecular flexibility index (Phi) is 7.85. The van der Waals surface area contributed by atoms with Gasteiger partial charge in [-0.15, -0.1) is 5.10 Å². The molecule has 3 aromatic rings. The number of piperidine rings is 1. The molecule has 0 aliphatic carbocycles. The number of methoxy groups -OCH3 is 1. The average Bonchev–Trinajstić information content (AvgIpc) is 3.25. The highest BCUT2D eigenvalue weighted by Crippen LogP contribution is 2.30. The van der Waals surface area contributed by atoms with Crippen molar-refractivity contribution in [3.8, 4) is 5.88 Å². The van der Waals surface area contributed by atoms with E-state index in [1.807, 2.05) is 29.2 Å². The number of nitrogens with one attached hydrogen (secondary N) is 1. The molecule has 1 N–H and O–H groups in total. The second-order valence-corrected chi connectivity index (χ2v) is 9.52. The molecule has 1 fully saturated rings. The van der Waals surface area contributed by atoms with Crippen LogP contribution in [0.2, 0.25) is 0 Å². The number of amides is 2. The Hall–Kier alpha value is -3.20. The minimum Gasteiger partial charge on any atom is -0.480 e. The molecule has 2 heterocycles. The molecule has 7 nitrogen and oxygen atoms in total. The van der Waals surface area contributed by atoms with Gasteiger partial charge in [0.1, 0.15) is 11.5 Å². The number of carbonyl (C=O) groups is 2. The zero-order chi connectivity index (χ0) is 24.9. The lowest BCUT2D eigenvalue weighted by molar-refractivity contribution is -0.116. The minimum absolute atomic E-state index is 0.0370. The number of carbonyl (C=O) groups excluding carboxylic acids is 2. The summed E-state index contributed by atoms with van der Waals surface area (Å²) < 4.78 is 20.9. The molecule has 1 aromatic heterocycles. The van der Waals surface area contributed by atoms with Crippen LogP contribution < -0.4 is 10.1 Å². The molecule has 0 spiro atoms. The number of hydrogen-bond acceptors (Lipinski definition) is 4. The van der Waals surface area contributed by atoms with E-state index in [0.29, 0.717) is 37.0 Å². The number of benzene rings is 2. The van der Waals surface area contributed by atoms with Crippen molar-refractivity contribution in [2.75, 3.05) is 25.5 Å². The molecule has 0 saturated carbocycles. The topological polar surface area (TPSA) is 76.5 Å². The number of aromatic nitrogens is 2. The van der Waals surface area contributed by atoms with Crippen LogP contribution in [-0.2, 0) is 18.3 Å². The first-order valence-corrected chi connectivity index (χ1v) is 12.3. The van der Waals surface area contributed by atoms with Gasteiger partial charge >= 0.3 is 0 Å². The molecule has 0 bridgehead atoms. The van der Waals surface area contributed by atoms with Gasteiger partial charge in [-0.05, 0) is 66.6 Å². The van der Waals surface area contributed by atoms with Gasteiger partial charge in [-0.2, -0.15) is 0 Å². The van der Waals surface area contributed by atoms with Crippen molar-refractivity contribution in [3.05, 3.63) is 75.6 Å². The summed E-state index contributed by atoms with van der Waals surface area (Å²) in [5, 5.41) is 7.08. The van der Waals surface area contributed by atoms with Crippen LogP contribution in [0.25, 0.3) is 0 Å². The highest BCUT2D eigenvalue weighted by atomic mass is 79.9. The fourth-order valence-corrected chi connectivity index (χ4v) is 4.81. The SMILES string of the molecule is COc1cc(C(=O)N2CCC(c3ccc(NC(=O)CCc4cc(F)ccc4Br)cc3)CC2)n(C)n1. The van der Waals surface area contributed by atoms with Crippen LogP contribution >= 0.6 is 15.9 Å². The molecule has 0 unspecified atom stereocenters. The van der Waals surface area contributed by atoms with Crippen LogP contribution in [0.15, 0.2) is 53.0 Å².